The van der Waals surface area contributed by atoms with Crippen molar-refractivity contribution in [1.29, 1.82) is 0 Å². The third-order valence-corrected chi connectivity index (χ3v) is 3.69. The first-order chi connectivity index (χ1) is 8.69. The average Bonchev–Trinajstić information content (AvgIpc) is 2.86. The molecule has 18 heavy (non-hydrogen) atoms. The number of ether oxygens (including phenoxy) is 2. The molecule has 0 aliphatic heterocycles. The van der Waals surface area contributed by atoms with Gasteiger partial charge in [0.15, 0.2) is 11.6 Å². The highest BCUT2D eigenvalue weighted by Crippen LogP contribution is 2.35. The van der Waals surface area contributed by atoms with Crippen LogP contribution in [-0.4, -0.2) is 14.2 Å². The van der Waals surface area contributed by atoms with Gasteiger partial charge in [-0.2, -0.15) is 0 Å². The maximum atomic E-state index is 14.1. The minimum absolute atomic E-state index is 0.193. The van der Waals surface area contributed by atoms with Crippen molar-refractivity contribution in [3.63, 3.8) is 0 Å². The van der Waals surface area contributed by atoms with Gasteiger partial charge < -0.3 is 15.2 Å². The molecular weight excluding hydrogens is 253 g/mol. The summed E-state index contributed by atoms with van der Waals surface area (Å²) >= 11 is 1.44. The minimum Gasteiger partial charge on any atom is -0.496 e. The number of halogens is 1. The van der Waals surface area contributed by atoms with E-state index in [9.17, 15) is 4.39 Å². The lowest BCUT2D eigenvalue weighted by molar-refractivity contribution is 0.382. The van der Waals surface area contributed by atoms with Crippen LogP contribution >= 0.6 is 11.3 Å². The Labute approximate surface area is 109 Å². The molecule has 1 atom stereocenters. The van der Waals surface area contributed by atoms with Gasteiger partial charge in [-0.1, -0.05) is 12.1 Å². The topological polar surface area (TPSA) is 44.5 Å². The monoisotopic (exact) mass is 267 g/mol. The molecule has 0 saturated heterocycles. The van der Waals surface area contributed by atoms with Crippen molar-refractivity contribution in [2.24, 2.45) is 5.73 Å². The first-order valence-corrected chi connectivity index (χ1v) is 6.26. The summed E-state index contributed by atoms with van der Waals surface area (Å²) in [5.74, 6) is 0.441. The molecule has 0 saturated carbocycles. The van der Waals surface area contributed by atoms with E-state index in [1.165, 1.54) is 18.4 Å². The van der Waals surface area contributed by atoms with Crippen molar-refractivity contribution < 1.29 is 13.9 Å². The molecule has 0 aliphatic carbocycles. The highest BCUT2D eigenvalue weighted by molar-refractivity contribution is 7.10. The van der Waals surface area contributed by atoms with Gasteiger partial charge in [0, 0.05) is 5.56 Å². The van der Waals surface area contributed by atoms with Crippen LogP contribution in [0.3, 0.4) is 0 Å². The van der Waals surface area contributed by atoms with Gasteiger partial charge in [-0.05, 0) is 17.5 Å². The van der Waals surface area contributed by atoms with E-state index in [1.807, 2.05) is 11.4 Å². The Morgan fingerprint density at radius 1 is 1.17 bits per heavy atom. The van der Waals surface area contributed by atoms with Gasteiger partial charge in [0.2, 0.25) is 0 Å². The molecule has 1 unspecified atom stereocenters. The highest BCUT2D eigenvalue weighted by Gasteiger charge is 2.20. The van der Waals surface area contributed by atoms with Crippen LogP contribution in [0.4, 0.5) is 4.39 Å². The Morgan fingerprint density at radius 3 is 2.56 bits per heavy atom. The van der Waals surface area contributed by atoms with Crippen molar-refractivity contribution in [3.05, 3.63) is 45.9 Å². The lowest BCUT2D eigenvalue weighted by Crippen LogP contribution is -2.13. The Morgan fingerprint density at radius 2 is 1.89 bits per heavy atom. The van der Waals surface area contributed by atoms with E-state index in [0.29, 0.717) is 11.3 Å². The lowest BCUT2D eigenvalue weighted by atomic mass is 10.0. The van der Waals surface area contributed by atoms with Crippen LogP contribution < -0.4 is 15.2 Å². The predicted molar refractivity (Wildman–Crippen MR) is 69.9 cm³/mol. The van der Waals surface area contributed by atoms with E-state index in [1.54, 1.807) is 25.3 Å². The summed E-state index contributed by atoms with van der Waals surface area (Å²) < 4.78 is 24.3. The number of hydrogen-bond acceptors (Lipinski definition) is 4. The summed E-state index contributed by atoms with van der Waals surface area (Å²) in [5, 5.41) is 1.87. The fourth-order valence-electron chi connectivity index (χ4n) is 1.77. The molecule has 1 aromatic carbocycles. The Hall–Kier alpha value is -1.59. The van der Waals surface area contributed by atoms with Crippen LogP contribution in [0, 0.1) is 5.82 Å². The molecule has 5 heteroatoms. The van der Waals surface area contributed by atoms with Crippen molar-refractivity contribution in [3.8, 4) is 11.5 Å². The molecule has 0 fully saturated rings. The second kappa shape index (κ2) is 5.37. The fourth-order valence-corrected chi connectivity index (χ4v) is 2.65. The maximum Gasteiger partial charge on any atom is 0.170 e. The highest BCUT2D eigenvalue weighted by atomic mass is 32.1. The summed E-state index contributed by atoms with van der Waals surface area (Å²) in [6.45, 7) is 0. The molecule has 2 aromatic rings. The Balaban J connectivity index is 2.43. The minimum atomic E-state index is -0.560. The normalized spacial score (nSPS) is 12.2. The van der Waals surface area contributed by atoms with Crippen molar-refractivity contribution in [1.82, 2.24) is 0 Å². The number of methoxy groups -OCH3 is 2. The fraction of sp³-hybridized carbons (Fsp3) is 0.231. The molecule has 1 heterocycles. The summed E-state index contributed by atoms with van der Waals surface area (Å²) in [7, 11) is 3.00. The first-order valence-electron chi connectivity index (χ1n) is 5.38. The van der Waals surface area contributed by atoms with Gasteiger partial charge in [0.25, 0.3) is 0 Å². The standard InChI is InChI=1S/C13H14FNO2S/c1-16-9-5-3-4-8(11(9)14)12(15)13-10(17-2)6-7-18-13/h3-7,12H,15H2,1-2H3. The molecule has 3 nitrogen and oxygen atoms in total. The Kier molecular flexibility index (Phi) is 3.84. The van der Waals surface area contributed by atoms with E-state index in [0.717, 1.165) is 4.88 Å². The number of thiophene rings is 1. The van der Waals surface area contributed by atoms with E-state index in [2.05, 4.69) is 0 Å². The molecule has 0 spiro atoms. The molecule has 96 valence electrons. The summed E-state index contributed by atoms with van der Waals surface area (Å²) in [6.07, 6.45) is 0. The summed E-state index contributed by atoms with van der Waals surface area (Å²) in [4.78, 5) is 0.796. The lowest BCUT2D eigenvalue weighted by Gasteiger charge is -2.14. The number of benzene rings is 1. The van der Waals surface area contributed by atoms with Crippen LogP contribution in [0.1, 0.15) is 16.5 Å². The second-order valence-corrected chi connectivity index (χ2v) is 4.64. The van der Waals surface area contributed by atoms with E-state index < -0.39 is 11.9 Å². The van der Waals surface area contributed by atoms with Gasteiger partial charge in [-0.15, -0.1) is 11.3 Å². The van der Waals surface area contributed by atoms with Crippen LogP contribution in [0.15, 0.2) is 29.6 Å². The van der Waals surface area contributed by atoms with Crippen molar-refractivity contribution in [2.45, 2.75) is 6.04 Å². The van der Waals surface area contributed by atoms with Gasteiger partial charge in [0.1, 0.15) is 5.75 Å². The van der Waals surface area contributed by atoms with Gasteiger partial charge in [-0.3, -0.25) is 0 Å². The molecule has 0 aliphatic rings. The molecule has 0 amide bonds. The van der Waals surface area contributed by atoms with Gasteiger partial charge in [0.05, 0.1) is 25.1 Å². The SMILES string of the molecule is COc1ccsc1C(N)c1cccc(OC)c1F. The molecule has 0 radical (unpaired) electrons. The average molecular weight is 267 g/mol. The van der Waals surface area contributed by atoms with Gasteiger partial charge in [-0.25, -0.2) is 4.39 Å². The van der Waals surface area contributed by atoms with E-state index in [-0.39, 0.29) is 5.75 Å². The van der Waals surface area contributed by atoms with Crippen molar-refractivity contribution >= 4 is 11.3 Å². The zero-order chi connectivity index (χ0) is 13.1. The summed E-state index contributed by atoms with van der Waals surface area (Å²) in [6, 6.07) is 6.20. The molecule has 1 aromatic heterocycles. The second-order valence-electron chi connectivity index (χ2n) is 3.69. The van der Waals surface area contributed by atoms with Gasteiger partial charge >= 0.3 is 0 Å². The zero-order valence-electron chi connectivity index (χ0n) is 10.1. The van der Waals surface area contributed by atoms with E-state index in [4.69, 9.17) is 15.2 Å². The predicted octanol–water partition coefficient (Wildman–Crippen LogP) is 2.95. The third-order valence-electron chi connectivity index (χ3n) is 2.71. The molecule has 2 rings (SSSR count). The van der Waals surface area contributed by atoms with E-state index >= 15 is 0 Å². The Bertz CT molecular complexity index is 542. The smallest absolute Gasteiger partial charge is 0.170 e. The van der Waals surface area contributed by atoms with Crippen molar-refractivity contribution in [2.75, 3.05) is 14.2 Å². The number of hydrogen-bond donors (Lipinski definition) is 1. The van der Waals surface area contributed by atoms with Crippen LogP contribution in [0.2, 0.25) is 0 Å². The molecule has 0 bridgehead atoms. The number of rotatable bonds is 4. The molecular formula is C13H14FNO2S. The summed E-state index contributed by atoms with van der Waals surface area (Å²) in [5.41, 5.74) is 6.49. The number of nitrogens with two attached hydrogens (primary N) is 1. The van der Waals surface area contributed by atoms with Crippen LogP contribution in [0.5, 0.6) is 11.5 Å². The first kappa shape index (κ1) is 12.9. The largest absolute Gasteiger partial charge is 0.496 e. The third kappa shape index (κ3) is 2.19. The van der Waals surface area contributed by atoms with Crippen LogP contribution in [-0.2, 0) is 0 Å². The molecule has 2 N–H and O–H groups in total. The maximum absolute atomic E-state index is 14.1. The van der Waals surface area contributed by atoms with Crippen LogP contribution in [0.25, 0.3) is 0 Å². The quantitative estimate of drug-likeness (QED) is 0.926. The zero-order valence-corrected chi connectivity index (χ0v) is 11.0.